The van der Waals surface area contributed by atoms with Crippen molar-refractivity contribution in [1.82, 2.24) is 20.3 Å². The average Bonchev–Trinajstić information content (AvgIpc) is 2.88. The minimum atomic E-state index is -4.18. The molecule has 0 aliphatic heterocycles. The van der Waals surface area contributed by atoms with Crippen LogP contribution in [0.3, 0.4) is 0 Å². The standard InChI is InChI=1S/C24H23FN4O7S/c25-19-6-3-17(4-7-19)22(31)26-12-11-16-1-8-20(9-2-16)37(34,35)29-23(32)18-5-10-21(28-15-18)36-24(33)27-13-14-30/h1-10,15,30H,11-14H2,(H,26,31)(H,27,33)(H,29,32). The van der Waals surface area contributed by atoms with Gasteiger partial charge in [-0.3, -0.25) is 9.59 Å². The summed E-state index contributed by atoms with van der Waals surface area (Å²) < 4.78 is 44.9. The summed E-state index contributed by atoms with van der Waals surface area (Å²) in [5, 5.41) is 13.6. The molecule has 3 aromatic rings. The molecule has 0 aliphatic rings. The molecule has 3 rings (SSSR count). The first kappa shape index (κ1) is 27.2. The van der Waals surface area contributed by atoms with Gasteiger partial charge < -0.3 is 20.5 Å². The van der Waals surface area contributed by atoms with E-state index in [0.29, 0.717) is 12.0 Å². The van der Waals surface area contributed by atoms with Crippen molar-refractivity contribution >= 4 is 27.9 Å². The molecule has 0 spiro atoms. The fourth-order valence-corrected chi connectivity index (χ4v) is 3.94. The largest absolute Gasteiger partial charge is 0.414 e. The third-order valence-corrected chi connectivity index (χ3v) is 6.19. The molecule has 0 atom stereocenters. The van der Waals surface area contributed by atoms with Crippen molar-refractivity contribution < 1.29 is 37.0 Å². The number of hydrogen-bond acceptors (Lipinski definition) is 8. The fraction of sp³-hybridized carbons (Fsp3) is 0.167. The number of aliphatic hydroxyl groups excluding tert-OH is 1. The van der Waals surface area contributed by atoms with E-state index < -0.39 is 27.8 Å². The second-order valence-electron chi connectivity index (χ2n) is 7.52. The van der Waals surface area contributed by atoms with E-state index >= 15 is 0 Å². The van der Waals surface area contributed by atoms with Crippen LogP contribution < -0.4 is 20.1 Å². The van der Waals surface area contributed by atoms with Gasteiger partial charge in [-0.2, -0.15) is 0 Å². The Kier molecular flexibility index (Phi) is 9.24. The highest BCUT2D eigenvalue weighted by Crippen LogP contribution is 2.13. The van der Waals surface area contributed by atoms with E-state index in [-0.39, 0.29) is 41.9 Å². The number of sulfonamides is 1. The molecule has 1 aromatic heterocycles. The van der Waals surface area contributed by atoms with Gasteiger partial charge in [-0.05, 0) is 54.4 Å². The molecule has 0 aliphatic carbocycles. The summed E-state index contributed by atoms with van der Waals surface area (Å²) in [7, 11) is -4.18. The number of aliphatic hydroxyl groups is 1. The molecule has 0 fully saturated rings. The summed E-state index contributed by atoms with van der Waals surface area (Å²) in [5.74, 6) is -1.86. The number of pyridine rings is 1. The minimum Gasteiger partial charge on any atom is -0.395 e. The van der Waals surface area contributed by atoms with Crippen molar-refractivity contribution in [2.24, 2.45) is 0 Å². The SMILES string of the molecule is O=C(NCCO)Oc1ccc(C(=O)NS(=O)(=O)c2ccc(CCNC(=O)c3ccc(F)cc3)cc2)cn1. The smallest absolute Gasteiger partial charge is 0.395 e. The van der Waals surface area contributed by atoms with Gasteiger partial charge in [0.1, 0.15) is 5.82 Å². The summed E-state index contributed by atoms with van der Waals surface area (Å²) in [5.41, 5.74) is 0.979. The number of nitrogens with one attached hydrogen (secondary N) is 3. The van der Waals surface area contributed by atoms with Gasteiger partial charge in [0.05, 0.1) is 17.1 Å². The quantitative estimate of drug-likeness (QED) is 0.306. The lowest BCUT2D eigenvalue weighted by Gasteiger charge is -2.09. The third-order valence-electron chi connectivity index (χ3n) is 4.84. The molecule has 3 amide bonds. The van der Waals surface area contributed by atoms with Gasteiger partial charge in [-0.15, -0.1) is 0 Å². The molecule has 1 heterocycles. The molecule has 194 valence electrons. The van der Waals surface area contributed by atoms with E-state index in [9.17, 15) is 27.2 Å². The zero-order valence-corrected chi connectivity index (χ0v) is 20.1. The lowest BCUT2D eigenvalue weighted by molar-refractivity contribution is 0.0951. The number of aromatic nitrogens is 1. The summed E-state index contributed by atoms with van der Waals surface area (Å²) in [6, 6.07) is 13.3. The molecular formula is C24H23FN4O7S. The van der Waals surface area contributed by atoms with Gasteiger partial charge in [-0.1, -0.05) is 12.1 Å². The number of halogens is 1. The maximum Gasteiger partial charge on any atom is 0.414 e. The van der Waals surface area contributed by atoms with Gasteiger partial charge in [0, 0.05) is 30.9 Å². The van der Waals surface area contributed by atoms with Crippen LogP contribution in [0.15, 0.2) is 71.8 Å². The van der Waals surface area contributed by atoms with E-state index in [0.717, 1.165) is 11.8 Å². The van der Waals surface area contributed by atoms with Crippen molar-refractivity contribution in [3.05, 3.63) is 89.4 Å². The van der Waals surface area contributed by atoms with Gasteiger partial charge in [0.25, 0.3) is 21.8 Å². The number of carbonyl (C=O) groups excluding carboxylic acids is 3. The summed E-state index contributed by atoms with van der Waals surface area (Å²) in [6.45, 7) is -0.00297. The highest BCUT2D eigenvalue weighted by Gasteiger charge is 2.19. The normalized spacial score (nSPS) is 10.9. The minimum absolute atomic E-state index is 0.00769. The Labute approximate surface area is 211 Å². The first-order chi connectivity index (χ1) is 17.7. The van der Waals surface area contributed by atoms with Crippen LogP contribution in [-0.2, 0) is 16.4 Å². The lowest BCUT2D eigenvalue weighted by Crippen LogP contribution is -2.31. The zero-order valence-electron chi connectivity index (χ0n) is 19.3. The van der Waals surface area contributed by atoms with Crippen LogP contribution in [0.25, 0.3) is 0 Å². The van der Waals surface area contributed by atoms with Crippen molar-refractivity contribution in [3.8, 4) is 5.88 Å². The molecule has 4 N–H and O–H groups in total. The molecule has 0 radical (unpaired) electrons. The zero-order chi connectivity index (χ0) is 26.8. The van der Waals surface area contributed by atoms with Crippen LogP contribution >= 0.6 is 0 Å². The Balaban J connectivity index is 1.52. The number of benzene rings is 2. The Morgan fingerprint density at radius 1 is 0.865 bits per heavy atom. The van der Waals surface area contributed by atoms with Crippen LogP contribution in [0.1, 0.15) is 26.3 Å². The van der Waals surface area contributed by atoms with Gasteiger partial charge in [-0.25, -0.2) is 27.3 Å². The molecule has 13 heteroatoms. The monoisotopic (exact) mass is 530 g/mol. The van der Waals surface area contributed by atoms with Crippen LogP contribution in [0.5, 0.6) is 5.88 Å². The average molecular weight is 531 g/mol. The number of amides is 3. The van der Waals surface area contributed by atoms with Crippen LogP contribution in [0.4, 0.5) is 9.18 Å². The van der Waals surface area contributed by atoms with E-state index in [1.54, 1.807) is 12.1 Å². The van der Waals surface area contributed by atoms with E-state index in [4.69, 9.17) is 9.84 Å². The highest BCUT2D eigenvalue weighted by atomic mass is 32.2. The molecular weight excluding hydrogens is 507 g/mol. The Hall–Kier alpha value is -4.36. The van der Waals surface area contributed by atoms with E-state index in [1.165, 1.54) is 48.5 Å². The molecule has 0 bridgehead atoms. The molecule has 0 unspecified atom stereocenters. The van der Waals surface area contributed by atoms with Gasteiger partial charge in [0.2, 0.25) is 5.88 Å². The molecule has 2 aromatic carbocycles. The second-order valence-corrected chi connectivity index (χ2v) is 9.20. The maximum absolute atomic E-state index is 13.0. The van der Waals surface area contributed by atoms with E-state index in [1.807, 2.05) is 4.72 Å². The van der Waals surface area contributed by atoms with Crippen LogP contribution in [-0.4, -0.2) is 56.1 Å². The summed E-state index contributed by atoms with van der Waals surface area (Å²) in [6.07, 6.45) is 0.612. The lowest BCUT2D eigenvalue weighted by atomic mass is 10.1. The van der Waals surface area contributed by atoms with Gasteiger partial charge >= 0.3 is 6.09 Å². The van der Waals surface area contributed by atoms with Crippen molar-refractivity contribution in [3.63, 3.8) is 0 Å². The maximum atomic E-state index is 13.0. The Morgan fingerprint density at radius 3 is 2.16 bits per heavy atom. The number of rotatable bonds is 10. The summed E-state index contributed by atoms with van der Waals surface area (Å²) >= 11 is 0. The first-order valence-corrected chi connectivity index (χ1v) is 12.4. The molecule has 0 saturated heterocycles. The van der Waals surface area contributed by atoms with Gasteiger partial charge in [0.15, 0.2) is 0 Å². The third kappa shape index (κ3) is 8.08. The molecule has 11 nitrogen and oxygen atoms in total. The summed E-state index contributed by atoms with van der Waals surface area (Å²) in [4.78, 5) is 39.5. The number of carbonyl (C=O) groups is 3. The second kappa shape index (κ2) is 12.6. The topological polar surface area (TPSA) is 164 Å². The molecule has 0 saturated carbocycles. The van der Waals surface area contributed by atoms with Crippen LogP contribution in [0, 0.1) is 5.82 Å². The Bertz CT molecular complexity index is 1350. The van der Waals surface area contributed by atoms with Crippen molar-refractivity contribution in [2.75, 3.05) is 19.7 Å². The number of hydrogen-bond donors (Lipinski definition) is 4. The van der Waals surface area contributed by atoms with Crippen molar-refractivity contribution in [1.29, 1.82) is 0 Å². The van der Waals surface area contributed by atoms with Crippen molar-refractivity contribution in [2.45, 2.75) is 11.3 Å². The first-order valence-electron chi connectivity index (χ1n) is 10.9. The Morgan fingerprint density at radius 2 is 1.54 bits per heavy atom. The highest BCUT2D eigenvalue weighted by molar-refractivity contribution is 7.90. The van der Waals surface area contributed by atoms with Crippen LogP contribution in [0.2, 0.25) is 0 Å². The number of ether oxygens (including phenoxy) is 1. The number of nitrogens with zero attached hydrogens (tertiary/aromatic N) is 1. The predicted octanol–water partition coefficient (Wildman–Crippen LogP) is 1.39. The molecule has 37 heavy (non-hydrogen) atoms. The van der Waals surface area contributed by atoms with E-state index in [2.05, 4.69) is 15.6 Å². The fourth-order valence-electron chi connectivity index (χ4n) is 2.96. The predicted molar refractivity (Wildman–Crippen MR) is 129 cm³/mol.